The van der Waals surface area contributed by atoms with Gasteiger partial charge in [-0.05, 0) is 120 Å². The third kappa shape index (κ3) is 9.51. The first-order chi connectivity index (χ1) is 31.3. The maximum atomic E-state index is 15.2. The minimum Gasteiger partial charge on any atom is -0.462 e. The maximum Gasteiger partial charge on any atom is 0.338 e. The lowest BCUT2D eigenvalue weighted by Gasteiger charge is -2.49. The predicted octanol–water partition coefficient (Wildman–Crippen LogP) is 6.43. The SMILES string of the molecule is CC[C@H]1CCC[C@H](O[C@H]2CC[C@H](N(C)C)[C@@H](C)O2)[C@@H](C)C(=O)C2=C[C@H]3[C@@H]4C[C@H](O[C@@H]5O[C@@H](C)[C@H](OC)[C@@H](OC)[C@H]5OC)C[C@H]4C4C=C(c5ccc(C#N)cc5)C(=O)OC4[C@H]3[C@@H]2CC(=O)O1. The number of hydrogen-bond acceptors (Lipinski definition) is 14. The summed E-state index contributed by atoms with van der Waals surface area (Å²) < 4.78 is 57.0. The Labute approximate surface area is 384 Å². The molecule has 0 amide bonds. The average Bonchev–Trinajstić information content (AvgIpc) is 3.89. The Hall–Kier alpha value is -3.52. The molecular formula is C51H70N2O12. The van der Waals surface area contributed by atoms with Crippen LogP contribution in [0.5, 0.6) is 0 Å². The Kier molecular flexibility index (Phi) is 15.0. The van der Waals surface area contributed by atoms with Crippen LogP contribution in [-0.2, 0) is 57.0 Å². The number of likely N-dealkylation sites (N-methyl/N-ethyl adjacent to an activating group) is 1. The van der Waals surface area contributed by atoms with Gasteiger partial charge in [0.15, 0.2) is 18.4 Å². The summed E-state index contributed by atoms with van der Waals surface area (Å²) >= 11 is 0. The lowest BCUT2D eigenvalue weighted by Crippen LogP contribution is -2.59. The summed E-state index contributed by atoms with van der Waals surface area (Å²) in [6.07, 6.45) is 5.33. The van der Waals surface area contributed by atoms with Crippen molar-refractivity contribution in [2.75, 3.05) is 35.4 Å². The summed E-state index contributed by atoms with van der Waals surface area (Å²) in [5.41, 5.74) is 2.18. The molecule has 19 atom stereocenters. The van der Waals surface area contributed by atoms with Crippen molar-refractivity contribution in [3.8, 4) is 6.07 Å². The van der Waals surface area contributed by atoms with E-state index in [-0.39, 0.29) is 84.3 Å². The number of Topliss-reactive ketones (excluding diaryl/α,β-unsaturated/α-hetero) is 1. The smallest absolute Gasteiger partial charge is 0.338 e. The Morgan fingerprint density at radius 2 is 1.51 bits per heavy atom. The van der Waals surface area contributed by atoms with E-state index in [1.165, 1.54) is 0 Å². The molecule has 3 aliphatic carbocycles. The number of methoxy groups -OCH3 is 3. The number of hydrogen-bond donors (Lipinski definition) is 0. The molecule has 7 aliphatic rings. The lowest BCUT2D eigenvalue weighted by molar-refractivity contribution is -0.314. The van der Waals surface area contributed by atoms with Crippen LogP contribution in [0.25, 0.3) is 5.57 Å². The van der Waals surface area contributed by atoms with Crippen LogP contribution >= 0.6 is 0 Å². The van der Waals surface area contributed by atoms with Gasteiger partial charge in [-0.1, -0.05) is 38.1 Å². The molecule has 0 bridgehead atoms. The fourth-order valence-electron chi connectivity index (χ4n) is 12.8. The highest BCUT2D eigenvalue weighted by atomic mass is 16.7. The van der Waals surface area contributed by atoms with Crippen LogP contribution in [0.3, 0.4) is 0 Å². The van der Waals surface area contributed by atoms with Gasteiger partial charge >= 0.3 is 11.9 Å². The number of ether oxygens (including phenoxy) is 9. The van der Waals surface area contributed by atoms with E-state index in [9.17, 15) is 14.9 Å². The van der Waals surface area contributed by atoms with Crippen molar-refractivity contribution in [2.45, 2.75) is 159 Å². The zero-order chi connectivity index (χ0) is 46.3. The van der Waals surface area contributed by atoms with Crippen molar-refractivity contribution in [2.24, 2.45) is 41.4 Å². The van der Waals surface area contributed by atoms with Gasteiger partial charge in [0.25, 0.3) is 0 Å². The van der Waals surface area contributed by atoms with Crippen LogP contribution in [0, 0.1) is 52.8 Å². The first kappa shape index (κ1) is 48.0. The second kappa shape index (κ2) is 20.4. The van der Waals surface area contributed by atoms with Gasteiger partial charge in [-0.3, -0.25) is 9.59 Å². The third-order valence-corrected chi connectivity index (χ3v) is 16.1. The van der Waals surface area contributed by atoms with E-state index in [2.05, 4.69) is 44.1 Å². The molecule has 0 radical (unpaired) electrons. The van der Waals surface area contributed by atoms with Gasteiger partial charge in [0.2, 0.25) is 0 Å². The Balaban J connectivity index is 1.15. The molecule has 0 aromatic heterocycles. The van der Waals surface area contributed by atoms with E-state index in [4.69, 9.17) is 42.6 Å². The van der Waals surface area contributed by atoms with Crippen molar-refractivity contribution in [1.82, 2.24) is 4.90 Å². The van der Waals surface area contributed by atoms with Crippen LogP contribution < -0.4 is 0 Å². The average molecular weight is 903 g/mol. The predicted molar refractivity (Wildman–Crippen MR) is 238 cm³/mol. The fourth-order valence-corrected chi connectivity index (χ4v) is 12.8. The summed E-state index contributed by atoms with van der Waals surface area (Å²) in [4.78, 5) is 45.8. The normalized spacial score (nSPS) is 42.2. The number of fused-ring (bicyclic) bond motifs is 8. The second-order valence-corrected chi connectivity index (χ2v) is 19.8. The standard InChI is InChI=1S/C51H70N2O12/c1-10-31-12-11-13-41(64-43-19-18-40(53(5)6)27(3)60-43)26(2)45(55)38-23-36-34-20-32(63-51-49(59-9)48(58-8)46(57-7)28(4)61-51)21-35(34)39-22-33(30-16-14-29(25-52)15-17-30)50(56)65-47(39)44(36)37(38)24-42(54)62-31/h14-17,22-23,26-28,31-32,34-37,39-41,43-44,46-49,51H,10-13,18-21,24H2,1-9H3/t26-,27-,28+,31+,32+,34-,35-,36+,37-,39?,40+,41+,43+,44-,46+,47?,48-,49-,51+/m1/s1. The number of rotatable bonds is 10. The van der Waals surface area contributed by atoms with E-state index in [1.807, 2.05) is 20.8 Å². The highest BCUT2D eigenvalue weighted by Crippen LogP contribution is 2.61. The van der Waals surface area contributed by atoms with Crippen molar-refractivity contribution in [3.05, 3.63) is 53.1 Å². The van der Waals surface area contributed by atoms with Gasteiger partial charge in [0, 0.05) is 51.0 Å². The number of nitrogens with zero attached hydrogens (tertiary/aromatic N) is 2. The lowest BCUT2D eigenvalue weighted by atomic mass is 9.59. The zero-order valence-corrected chi connectivity index (χ0v) is 39.6. The van der Waals surface area contributed by atoms with Crippen molar-refractivity contribution in [1.29, 1.82) is 5.26 Å². The number of cyclic esters (lactones) is 1. The van der Waals surface area contributed by atoms with E-state index >= 15 is 4.79 Å². The molecule has 2 saturated carbocycles. The summed E-state index contributed by atoms with van der Waals surface area (Å²) in [6.45, 7) is 8.01. The number of ketones is 1. The molecule has 2 unspecified atom stereocenters. The molecule has 5 fully saturated rings. The van der Waals surface area contributed by atoms with Crippen LogP contribution in [0.1, 0.15) is 96.6 Å². The Morgan fingerprint density at radius 3 is 2.15 bits per heavy atom. The molecule has 14 nitrogen and oxygen atoms in total. The van der Waals surface area contributed by atoms with Crippen molar-refractivity contribution >= 4 is 23.3 Å². The molecule has 1 aromatic rings. The summed E-state index contributed by atoms with van der Waals surface area (Å²) in [5, 5.41) is 9.50. The fraction of sp³-hybridized carbons (Fsp3) is 0.725. The third-order valence-electron chi connectivity index (χ3n) is 16.1. The minimum absolute atomic E-state index is 0.00463. The molecule has 8 rings (SSSR count). The first-order valence-electron chi connectivity index (χ1n) is 24.0. The molecule has 4 heterocycles. The molecule has 0 N–H and O–H groups in total. The minimum atomic E-state index is -0.737. The number of nitriles is 1. The number of esters is 2. The molecular weight excluding hydrogens is 833 g/mol. The van der Waals surface area contributed by atoms with E-state index < -0.39 is 54.8 Å². The molecule has 356 valence electrons. The molecule has 3 saturated heterocycles. The summed E-state index contributed by atoms with van der Waals surface area (Å²) in [7, 11) is 9.02. The van der Waals surface area contributed by atoms with Gasteiger partial charge in [0.1, 0.15) is 30.5 Å². The molecule has 1 aromatic carbocycles. The number of carbonyl (C=O) groups excluding carboxylic acids is 3. The van der Waals surface area contributed by atoms with Crippen LogP contribution in [0.15, 0.2) is 42.0 Å². The highest BCUT2D eigenvalue weighted by Gasteiger charge is 2.62. The van der Waals surface area contributed by atoms with Crippen LogP contribution in [-0.4, -0.2) is 132 Å². The molecule has 65 heavy (non-hydrogen) atoms. The van der Waals surface area contributed by atoms with Crippen molar-refractivity contribution in [3.63, 3.8) is 0 Å². The molecule has 14 heteroatoms. The monoisotopic (exact) mass is 902 g/mol. The summed E-state index contributed by atoms with van der Waals surface area (Å²) in [6, 6.07) is 9.40. The largest absolute Gasteiger partial charge is 0.462 e. The Morgan fingerprint density at radius 1 is 0.800 bits per heavy atom. The van der Waals surface area contributed by atoms with Gasteiger partial charge in [-0.2, -0.15) is 5.26 Å². The first-order valence-corrected chi connectivity index (χ1v) is 24.0. The zero-order valence-electron chi connectivity index (χ0n) is 39.6. The van der Waals surface area contributed by atoms with Gasteiger partial charge < -0.3 is 47.5 Å². The number of allylic oxidation sites excluding steroid dienone is 2. The van der Waals surface area contributed by atoms with E-state index in [0.717, 1.165) is 19.3 Å². The quantitative estimate of drug-likeness (QED) is 0.236. The highest BCUT2D eigenvalue weighted by molar-refractivity contribution is 6.17. The second-order valence-electron chi connectivity index (χ2n) is 19.8. The Bertz CT molecular complexity index is 1980. The maximum absolute atomic E-state index is 15.2. The molecule has 4 aliphatic heterocycles. The van der Waals surface area contributed by atoms with Crippen LogP contribution in [0.4, 0.5) is 0 Å². The summed E-state index contributed by atoms with van der Waals surface area (Å²) in [5.74, 6) is -2.73. The number of carbonyl (C=O) groups is 3. The van der Waals surface area contributed by atoms with Crippen molar-refractivity contribution < 1.29 is 57.0 Å². The van der Waals surface area contributed by atoms with E-state index in [0.29, 0.717) is 54.4 Å². The van der Waals surface area contributed by atoms with Gasteiger partial charge in [-0.25, -0.2) is 4.79 Å². The van der Waals surface area contributed by atoms with E-state index in [1.54, 1.807) is 45.6 Å². The molecule has 0 spiro atoms. The van der Waals surface area contributed by atoms with Gasteiger partial charge in [0.05, 0.1) is 48.0 Å². The number of benzene rings is 1. The van der Waals surface area contributed by atoms with Crippen LogP contribution in [0.2, 0.25) is 0 Å². The van der Waals surface area contributed by atoms with Gasteiger partial charge in [-0.15, -0.1) is 0 Å². The topological polar surface area (TPSA) is 161 Å².